The molecule has 0 spiro atoms. The maximum atomic E-state index is 11.7. The van der Waals surface area contributed by atoms with E-state index in [0.717, 1.165) is 19.5 Å². The number of hydrogen-bond acceptors (Lipinski definition) is 4. The second-order valence-corrected chi connectivity index (χ2v) is 5.34. The van der Waals surface area contributed by atoms with E-state index in [2.05, 4.69) is 51.6 Å². The van der Waals surface area contributed by atoms with Gasteiger partial charge < -0.3 is 10.2 Å². The van der Waals surface area contributed by atoms with Gasteiger partial charge >= 0.3 is 0 Å². The van der Waals surface area contributed by atoms with Crippen LogP contribution in [-0.4, -0.2) is 45.7 Å². The minimum atomic E-state index is 0.0567. The molecule has 2 aromatic rings. The zero-order chi connectivity index (χ0) is 15.6. The Labute approximate surface area is 131 Å². The Morgan fingerprint density at radius 2 is 2.14 bits per heavy atom. The van der Waals surface area contributed by atoms with Crippen molar-refractivity contribution in [1.29, 1.82) is 0 Å². The highest BCUT2D eigenvalue weighted by atomic mass is 16.1. The standard InChI is InChI=1S/C16H23N5O/c1-20(12-15-6-3-2-4-7-15)10-5-9-18-16(22)8-11-21-14-17-13-19-21/h2-4,6-7,13-14H,5,8-12H2,1H3,(H,18,22). The van der Waals surface area contributed by atoms with Gasteiger partial charge in [-0.1, -0.05) is 30.3 Å². The summed E-state index contributed by atoms with van der Waals surface area (Å²) in [7, 11) is 2.10. The summed E-state index contributed by atoms with van der Waals surface area (Å²) in [6, 6.07) is 10.4. The highest BCUT2D eigenvalue weighted by Gasteiger charge is 2.03. The molecule has 0 atom stereocenters. The SMILES string of the molecule is CN(CCCNC(=O)CCn1cncn1)Cc1ccccc1. The topological polar surface area (TPSA) is 63.1 Å². The fourth-order valence-electron chi connectivity index (χ4n) is 2.20. The van der Waals surface area contributed by atoms with E-state index in [-0.39, 0.29) is 5.91 Å². The second-order valence-electron chi connectivity index (χ2n) is 5.34. The number of nitrogens with zero attached hydrogens (tertiary/aromatic N) is 4. The van der Waals surface area contributed by atoms with Crippen LogP contribution in [0.25, 0.3) is 0 Å². The smallest absolute Gasteiger partial charge is 0.221 e. The van der Waals surface area contributed by atoms with E-state index in [9.17, 15) is 4.79 Å². The normalized spacial score (nSPS) is 10.8. The van der Waals surface area contributed by atoms with Gasteiger partial charge in [-0.15, -0.1) is 0 Å². The Balaban J connectivity index is 1.53. The van der Waals surface area contributed by atoms with Crippen LogP contribution in [0.5, 0.6) is 0 Å². The number of amides is 1. The van der Waals surface area contributed by atoms with Gasteiger partial charge in [-0.25, -0.2) is 4.98 Å². The molecule has 0 unspecified atom stereocenters. The molecule has 0 fully saturated rings. The minimum Gasteiger partial charge on any atom is -0.356 e. The molecule has 0 saturated heterocycles. The molecule has 2 rings (SSSR count). The monoisotopic (exact) mass is 301 g/mol. The molecular formula is C16H23N5O. The van der Waals surface area contributed by atoms with Gasteiger partial charge in [0.15, 0.2) is 0 Å². The van der Waals surface area contributed by atoms with Crippen LogP contribution in [0.4, 0.5) is 0 Å². The van der Waals surface area contributed by atoms with Crippen LogP contribution >= 0.6 is 0 Å². The molecule has 0 aliphatic heterocycles. The molecule has 1 N–H and O–H groups in total. The molecular weight excluding hydrogens is 278 g/mol. The van der Waals surface area contributed by atoms with E-state index in [1.54, 1.807) is 11.0 Å². The highest BCUT2D eigenvalue weighted by molar-refractivity contribution is 5.75. The summed E-state index contributed by atoms with van der Waals surface area (Å²) in [5.74, 6) is 0.0567. The number of carbonyl (C=O) groups excluding carboxylic acids is 1. The highest BCUT2D eigenvalue weighted by Crippen LogP contribution is 2.02. The van der Waals surface area contributed by atoms with E-state index in [0.29, 0.717) is 19.5 Å². The summed E-state index contributed by atoms with van der Waals surface area (Å²) in [6.45, 7) is 3.16. The molecule has 1 aromatic carbocycles. The number of carbonyl (C=O) groups is 1. The van der Waals surface area contributed by atoms with E-state index in [1.807, 2.05) is 6.07 Å². The van der Waals surface area contributed by atoms with Crippen LogP contribution in [0.15, 0.2) is 43.0 Å². The minimum absolute atomic E-state index is 0.0567. The third-order valence-electron chi connectivity index (χ3n) is 3.37. The van der Waals surface area contributed by atoms with Crippen LogP contribution in [0.1, 0.15) is 18.4 Å². The molecule has 118 valence electrons. The quantitative estimate of drug-likeness (QED) is 0.709. The van der Waals surface area contributed by atoms with Gasteiger partial charge in [-0.3, -0.25) is 9.48 Å². The predicted molar refractivity (Wildman–Crippen MR) is 85.0 cm³/mol. The van der Waals surface area contributed by atoms with Gasteiger partial charge in [0.25, 0.3) is 0 Å². The molecule has 1 amide bonds. The van der Waals surface area contributed by atoms with E-state index in [4.69, 9.17) is 0 Å². The third-order valence-corrected chi connectivity index (χ3v) is 3.37. The number of nitrogens with one attached hydrogen (secondary N) is 1. The summed E-state index contributed by atoms with van der Waals surface area (Å²) in [5.41, 5.74) is 1.31. The number of hydrogen-bond donors (Lipinski definition) is 1. The van der Waals surface area contributed by atoms with Gasteiger partial charge in [-0.05, 0) is 25.6 Å². The molecule has 22 heavy (non-hydrogen) atoms. The Morgan fingerprint density at radius 1 is 1.32 bits per heavy atom. The van der Waals surface area contributed by atoms with Crippen molar-refractivity contribution in [3.8, 4) is 0 Å². The van der Waals surface area contributed by atoms with Crippen molar-refractivity contribution >= 4 is 5.91 Å². The number of benzene rings is 1. The van der Waals surface area contributed by atoms with Gasteiger partial charge in [0, 0.05) is 19.5 Å². The number of aryl methyl sites for hydroxylation is 1. The molecule has 6 heteroatoms. The molecule has 6 nitrogen and oxygen atoms in total. The number of aromatic nitrogens is 3. The fourth-order valence-corrected chi connectivity index (χ4v) is 2.20. The molecule has 0 radical (unpaired) electrons. The predicted octanol–water partition coefficient (Wildman–Crippen LogP) is 1.31. The first-order valence-corrected chi connectivity index (χ1v) is 7.55. The summed E-state index contributed by atoms with van der Waals surface area (Å²) >= 11 is 0. The Bertz CT molecular complexity index is 541. The molecule has 0 saturated carbocycles. The van der Waals surface area contributed by atoms with Crippen LogP contribution in [-0.2, 0) is 17.9 Å². The maximum absolute atomic E-state index is 11.7. The lowest BCUT2D eigenvalue weighted by atomic mass is 10.2. The summed E-state index contributed by atoms with van der Waals surface area (Å²) < 4.78 is 1.66. The Hall–Kier alpha value is -2.21. The average molecular weight is 301 g/mol. The lowest BCUT2D eigenvalue weighted by Crippen LogP contribution is -2.28. The zero-order valence-electron chi connectivity index (χ0n) is 13.0. The van der Waals surface area contributed by atoms with Crippen molar-refractivity contribution < 1.29 is 4.79 Å². The van der Waals surface area contributed by atoms with Crippen LogP contribution in [0, 0.1) is 0 Å². The summed E-state index contributed by atoms with van der Waals surface area (Å²) in [5, 5.41) is 6.90. The van der Waals surface area contributed by atoms with Crippen molar-refractivity contribution in [2.24, 2.45) is 0 Å². The van der Waals surface area contributed by atoms with Gasteiger partial charge in [0.05, 0.1) is 6.54 Å². The lowest BCUT2D eigenvalue weighted by Gasteiger charge is -2.16. The van der Waals surface area contributed by atoms with Crippen LogP contribution in [0.3, 0.4) is 0 Å². The first kappa shape index (κ1) is 16.2. The molecule has 1 heterocycles. The maximum Gasteiger partial charge on any atom is 0.221 e. The van der Waals surface area contributed by atoms with Gasteiger partial charge in [0.1, 0.15) is 12.7 Å². The summed E-state index contributed by atoms with van der Waals surface area (Å²) in [4.78, 5) is 17.8. The largest absolute Gasteiger partial charge is 0.356 e. The van der Waals surface area contributed by atoms with Crippen LogP contribution in [0.2, 0.25) is 0 Å². The molecule has 0 aliphatic rings. The number of rotatable bonds is 9. The van der Waals surface area contributed by atoms with Crippen molar-refractivity contribution in [2.75, 3.05) is 20.1 Å². The van der Waals surface area contributed by atoms with E-state index < -0.39 is 0 Å². The molecule has 0 aliphatic carbocycles. The molecule has 1 aromatic heterocycles. The van der Waals surface area contributed by atoms with Gasteiger partial charge in [0.2, 0.25) is 5.91 Å². The lowest BCUT2D eigenvalue weighted by molar-refractivity contribution is -0.121. The van der Waals surface area contributed by atoms with Crippen molar-refractivity contribution in [2.45, 2.75) is 25.9 Å². The zero-order valence-corrected chi connectivity index (χ0v) is 13.0. The van der Waals surface area contributed by atoms with Crippen molar-refractivity contribution in [3.05, 3.63) is 48.5 Å². The molecule has 0 bridgehead atoms. The fraction of sp³-hybridized carbons (Fsp3) is 0.438. The Morgan fingerprint density at radius 3 is 2.86 bits per heavy atom. The third kappa shape index (κ3) is 6.05. The average Bonchev–Trinajstić information content (AvgIpc) is 3.04. The first-order chi connectivity index (χ1) is 10.7. The first-order valence-electron chi connectivity index (χ1n) is 7.55. The Kier molecular flexibility index (Phi) is 6.57. The van der Waals surface area contributed by atoms with Gasteiger partial charge in [-0.2, -0.15) is 5.10 Å². The van der Waals surface area contributed by atoms with E-state index in [1.165, 1.54) is 11.9 Å². The van der Waals surface area contributed by atoms with Crippen LogP contribution < -0.4 is 5.32 Å². The van der Waals surface area contributed by atoms with Crippen molar-refractivity contribution in [1.82, 2.24) is 25.0 Å². The summed E-state index contributed by atoms with van der Waals surface area (Å²) in [6.07, 6.45) is 4.47. The second kappa shape index (κ2) is 8.94. The van der Waals surface area contributed by atoms with E-state index >= 15 is 0 Å². The van der Waals surface area contributed by atoms with Crippen molar-refractivity contribution in [3.63, 3.8) is 0 Å².